The maximum absolute atomic E-state index is 5.88. The number of hydrogen-bond acceptors (Lipinski definition) is 2. The lowest BCUT2D eigenvalue weighted by Crippen LogP contribution is -2.41. The van der Waals surface area contributed by atoms with Crippen molar-refractivity contribution >= 4 is 17.6 Å². The zero-order valence-corrected chi connectivity index (χ0v) is 15.2. The van der Waals surface area contributed by atoms with E-state index in [4.69, 9.17) is 16.3 Å². The Labute approximate surface area is 148 Å². The summed E-state index contributed by atoms with van der Waals surface area (Å²) in [5.74, 6) is 1.59. The molecule has 5 nitrogen and oxygen atoms in total. The summed E-state index contributed by atoms with van der Waals surface area (Å²) in [7, 11) is 2.01. The molecule has 0 fully saturated rings. The van der Waals surface area contributed by atoms with Crippen LogP contribution in [0.25, 0.3) is 0 Å². The van der Waals surface area contributed by atoms with Crippen LogP contribution in [0.3, 0.4) is 0 Å². The molecule has 0 spiro atoms. The van der Waals surface area contributed by atoms with Crippen LogP contribution in [0.2, 0.25) is 5.02 Å². The predicted octanol–water partition coefficient (Wildman–Crippen LogP) is 3.20. The molecular weight excluding hydrogens is 324 g/mol. The molecule has 0 aliphatic carbocycles. The van der Waals surface area contributed by atoms with Crippen molar-refractivity contribution in [2.45, 2.75) is 26.5 Å². The second-order valence-corrected chi connectivity index (χ2v) is 6.08. The fourth-order valence-electron chi connectivity index (χ4n) is 2.19. The number of aryl methyl sites for hydroxylation is 1. The highest BCUT2D eigenvalue weighted by Crippen LogP contribution is 2.16. The number of nitrogens with zero attached hydrogens (tertiary/aromatic N) is 2. The van der Waals surface area contributed by atoms with Crippen LogP contribution >= 0.6 is 11.6 Å². The molecule has 6 heteroatoms. The van der Waals surface area contributed by atoms with Gasteiger partial charge in [0.05, 0.1) is 13.1 Å². The Hall–Kier alpha value is -2.14. The minimum Gasteiger partial charge on any atom is -0.489 e. The molecule has 0 aliphatic heterocycles. The van der Waals surface area contributed by atoms with E-state index in [0.29, 0.717) is 18.1 Å². The van der Waals surface area contributed by atoms with Gasteiger partial charge in [-0.25, -0.2) is 4.99 Å². The molecule has 1 aromatic carbocycles. The lowest BCUT2D eigenvalue weighted by atomic mass is 10.3. The van der Waals surface area contributed by atoms with Crippen molar-refractivity contribution in [3.8, 4) is 5.75 Å². The molecule has 1 heterocycles. The first-order valence-corrected chi connectivity index (χ1v) is 8.50. The molecule has 0 saturated heterocycles. The Morgan fingerprint density at radius 1 is 1.25 bits per heavy atom. The van der Waals surface area contributed by atoms with E-state index < -0.39 is 0 Å². The zero-order valence-electron chi connectivity index (χ0n) is 14.4. The molecule has 2 rings (SSSR count). The van der Waals surface area contributed by atoms with Gasteiger partial charge in [0, 0.05) is 31.0 Å². The van der Waals surface area contributed by atoms with Gasteiger partial charge in [-0.05, 0) is 49.7 Å². The summed E-state index contributed by atoms with van der Waals surface area (Å²) in [6.45, 7) is 6.18. The number of guanidine groups is 1. The first kappa shape index (κ1) is 18.2. The molecule has 24 heavy (non-hydrogen) atoms. The first-order valence-electron chi connectivity index (χ1n) is 8.12. The van der Waals surface area contributed by atoms with Crippen molar-refractivity contribution in [3.05, 3.63) is 53.3 Å². The average Bonchev–Trinajstić information content (AvgIpc) is 2.98. The highest BCUT2D eigenvalue weighted by molar-refractivity contribution is 6.30. The number of aromatic nitrogens is 1. The van der Waals surface area contributed by atoms with Crippen LogP contribution in [-0.4, -0.2) is 29.7 Å². The summed E-state index contributed by atoms with van der Waals surface area (Å²) >= 11 is 5.88. The van der Waals surface area contributed by atoms with Gasteiger partial charge in [-0.2, -0.15) is 0 Å². The topological polar surface area (TPSA) is 50.6 Å². The van der Waals surface area contributed by atoms with Gasteiger partial charge in [0.25, 0.3) is 0 Å². The molecular formula is C18H25ClN4O. The van der Waals surface area contributed by atoms with Gasteiger partial charge in [-0.1, -0.05) is 11.6 Å². The molecule has 0 bridgehead atoms. The summed E-state index contributed by atoms with van der Waals surface area (Å²) in [6, 6.07) is 9.45. The van der Waals surface area contributed by atoms with Crippen LogP contribution in [0.15, 0.2) is 47.7 Å². The number of ether oxygens (including phenoxy) is 1. The lowest BCUT2D eigenvalue weighted by Gasteiger charge is -2.17. The number of halogens is 1. The molecule has 130 valence electrons. The SMILES string of the molecule is CCNC(=NCc1ccn(C)c1)NCC(C)Oc1ccc(Cl)cc1. The van der Waals surface area contributed by atoms with Crippen LogP contribution < -0.4 is 15.4 Å². The van der Waals surface area contributed by atoms with E-state index in [1.54, 1.807) is 0 Å². The van der Waals surface area contributed by atoms with Crippen LogP contribution in [0, 0.1) is 0 Å². The largest absolute Gasteiger partial charge is 0.489 e. The molecule has 1 unspecified atom stereocenters. The number of aliphatic imine (C=N–C) groups is 1. The highest BCUT2D eigenvalue weighted by atomic mass is 35.5. The molecule has 0 saturated carbocycles. The predicted molar refractivity (Wildman–Crippen MR) is 99.8 cm³/mol. The van der Waals surface area contributed by atoms with E-state index in [9.17, 15) is 0 Å². The molecule has 2 N–H and O–H groups in total. The van der Waals surface area contributed by atoms with Gasteiger partial charge in [0.2, 0.25) is 0 Å². The van der Waals surface area contributed by atoms with Gasteiger partial charge in [0.15, 0.2) is 5.96 Å². The van der Waals surface area contributed by atoms with Crippen molar-refractivity contribution in [3.63, 3.8) is 0 Å². The van der Waals surface area contributed by atoms with E-state index in [1.807, 2.05) is 55.9 Å². The van der Waals surface area contributed by atoms with Gasteiger partial charge in [-0.15, -0.1) is 0 Å². The summed E-state index contributed by atoms with van der Waals surface area (Å²) < 4.78 is 7.88. The normalized spacial score (nSPS) is 12.8. The van der Waals surface area contributed by atoms with Crippen molar-refractivity contribution in [2.24, 2.45) is 12.0 Å². The molecule has 2 aromatic rings. The summed E-state index contributed by atoms with van der Waals surface area (Å²) in [5.41, 5.74) is 1.18. The molecule has 0 radical (unpaired) electrons. The maximum Gasteiger partial charge on any atom is 0.191 e. The maximum atomic E-state index is 5.88. The number of nitrogens with one attached hydrogen (secondary N) is 2. The minimum absolute atomic E-state index is 0.00626. The highest BCUT2D eigenvalue weighted by Gasteiger charge is 2.06. The van der Waals surface area contributed by atoms with Crippen molar-refractivity contribution in [1.82, 2.24) is 15.2 Å². The first-order chi connectivity index (χ1) is 11.6. The van der Waals surface area contributed by atoms with Crippen LogP contribution in [0.4, 0.5) is 0 Å². The standard InChI is InChI=1S/C18H25ClN4O/c1-4-20-18(22-12-15-9-10-23(3)13-15)21-11-14(2)24-17-7-5-16(19)6-8-17/h5-10,13-14H,4,11-12H2,1-3H3,(H2,20,21,22). The zero-order chi connectivity index (χ0) is 17.4. The fourth-order valence-corrected chi connectivity index (χ4v) is 2.32. The number of hydrogen-bond donors (Lipinski definition) is 2. The third-order valence-corrected chi connectivity index (χ3v) is 3.62. The summed E-state index contributed by atoms with van der Waals surface area (Å²) in [4.78, 5) is 4.60. The average molecular weight is 349 g/mol. The van der Waals surface area contributed by atoms with Gasteiger partial charge >= 0.3 is 0 Å². The van der Waals surface area contributed by atoms with Crippen LogP contribution in [0.5, 0.6) is 5.75 Å². The number of rotatable bonds is 7. The van der Waals surface area contributed by atoms with E-state index in [0.717, 1.165) is 18.3 Å². The Balaban J connectivity index is 1.84. The van der Waals surface area contributed by atoms with Gasteiger partial charge in [-0.3, -0.25) is 0 Å². The van der Waals surface area contributed by atoms with Gasteiger partial charge < -0.3 is 19.9 Å². The molecule has 1 atom stereocenters. The Kier molecular flexibility index (Phi) is 7.00. The molecule has 1 aromatic heterocycles. The second-order valence-electron chi connectivity index (χ2n) is 5.64. The monoisotopic (exact) mass is 348 g/mol. The minimum atomic E-state index is 0.00626. The summed E-state index contributed by atoms with van der Waals surface area (Å²) in [6.07, 6.45) is 4.10. The number of benzene rings is 1. The van der Waals surface area contributed by atoms with E-state index in [-0.39, 0.29) is 6.10 Å². The van der Waals surface area contributed by atoms with Gasteiger partial charge in [0.1, 0.15) is 11.9 Å². The third kappa shape index (κ3) is 6.16. The van der Waals surface area contributed by atoms with Crippen molar-refractivity contribution in [1.29, 1.82) is 0 Å². The van der Waals surface area contributed by atoms with Crippen molar-refractivity contribution in [2.75, 3.05) is 13.1 Å². The van der Waals surface area contributed by atoms with Crippen LogP contribution in [-0.2, 0) is 13.6 Å². The summed E-state index contributed by atoms with van der Waals surface area (Å²) in [5, 5.41) is 7.26. The third-order valence-electron chi connectivity index (χ3n) is 3.37. The smallest absolute Gasteiger partial charge is 0.191 e. The van der Waals surface area contributed by atoms with Crippen LogP contribution in [0.1, 0.15) is 19.4 Å². The van der Waals surface area contributed by atoms with Crippen molar-refractivity contribution < 1.29 is 4.74 Å². The fraction of sp³-hybridized carbons (Fsp3) is 0.389. The van der Waals surface area contributed by atoms with E-state index in [1.165, 1.54) is 5.56 Å². The quantitative estimate of drug-likeness (QED) is 0.596. The molecule has 0 aliphatic rings. The van der Waals surface area contributed by atoms with E-state index in [2.05, 4.69) is 27.9 Å². The Bertz CT molecular complexity index is 651. The second kappa shape index (κ2) is 9.23. The Morgan fingerprint density at radius 2 is 2.00 bits per heavy atom. The van der Waals surface area contributed by atoms with E-state index >= 15 is 0 Å². The Morgan fingerprint density at radius 3 is 2.62 bits per heavy atom. The molecule has 0 amide bonds. The lowest BCUT2D eigenvalue weighted by molar-refractivity contribution is 0.224.